The van der Waals surface area contributed by atoms with Gasteiger partial charge in [0, 0.05) is 25.1 Å². The summed E-state index contributed by atoms with van der Waals surface area (Å²) in [5, 5.41) is 6.33. The largest absolute Gasteiger partial charge is 0.268 e. The molecule has 0 amide bonds. The SMILES string of the molecule is Cc1cc(Cc2ccc(S(=O)(=O)N3CCCCCC3)cc2)c(=O)[nH]n1. The van der Waals surface area contributed by atoms with Crippen LogP contribution in [0.15, 0.2) is 40.0 Å². The summed E-state index contributed by atoms with van der Waals surface area (Å²) in [5.41, 5.74) is 2.04. The van der Waals surface area contributed by atoms with Gasteiger partial charge in [-0.05, 0) is 43.5 Å². The number of H-pyrrole nitrogens is 1. The predicted octanol–water partition coefficient (Wildman–Crippen LogP) is 2.23. The van der Waals surface area contributed by atoms with Crippen LogP contribution in [0.25, 0.3) is 0 Å². The molecule has 0 atom stereocenters. The van der Waals surface area contributed by atoms with Crippen molar-refractivity contribution < 1.29 is 8.42 Å². The summed E-state index contributed by atoms with van der Waals surface area (Å²) in [7, 11) is -3.43. The maximum absolute atomic E-state index is 12.8. The standard InChI is InChI=1S/C18H23N3O3S/c1-14-12-16(18(22)20-19-14)13-15-6-8-17(9-7-15)25(23,24)21-10-4-2-3-5-11-21/h6-9,12H,2-5,10-11,13H2,1H3,(H,20,22). The van der Waals surface area contributed by atoms with Crippen molar-refractivity contribution in [3.63, 3.8) is 0 Å². The topological polar surface area (TPSA) is 83.1 Å². The minimum absolute atomic E-state index is 0.216. The van der Waals surface area contributed by atoms with Crippen LogP contribution >= 0.6 is 0 Å². The van der Waals surface area contributed by atoms with E-state index in [0.29, 0.717) is 30.0 Å². The van der Waals surface area contributed by atoms with Crippen molar-refractivity contribution >= 4 is 10.0 Å². The molecule has 1 N–H and O–H groups in total. The highest BCUT2D eigenvalue weighted by atomic mass is 32.2. The van der Waals surface area contributed by atoms with Crippen molar-refractivity contribution in [2.75, 3.05) is 13.1 Å². The van der Waals surface area contributed by atoms with Crippen molar-refractivity contribution in [2.24, 2.45) is 0 Å². The summed E-state index contributed by atoms with van der Waals surface area (Å²) in [4.78, 5) is 12.1. The normalized spacial score (nSPS) is 16.5. The van der Waals surface area contributed by atoms with Crippen LogP contribution in [0.1, 0.15) is 42.5 Å². The molecule has 0 aliphatic carbocycles. The number of aromatic amines is 1. The summed E-state index contributed by atoms with van der Waals surface area (Å²) >= 11 is 0. The average molecular weight is 361 g/mol. The average Bonchev–Trinajstić information content (AvgIpc) is 2.89. The van der Waals surface area contributed by atoms with E-state index in [2.05, 4.69) is 10.2 Å². The Balaban J connectivity index is 1.79. The summed E-state index contributed by atoms with van der Waals surface area (Å²) in [6, 6.07) is 8.58. The van der Waals surface area contributed by atoms with Crippen molar-refractivity contribution in [3.8, 4) is 0 Å². The van der Waals surface area contributed by atoms with Crippen molar-refractivity contribution in [1.29, 1.82) is 0 Å². The number of nitrogens with one attached hydrogen (secondary N) is 1. The zero-order valence-corrected chi connectivity index (χ0v) is 15.2. The number of benzene rings is 1. The van der Waals surface area contributed by atoms with Gasteiger partial charge in [0.1, 0.15) is 0 Å². The van der Waals surface area contributed by atoms with E-state index in [1.165, 1.54) is 0 Å². The molecule has 0 unspecified atom stereocenters. The quantitative estimate of drug-likeness (QED) is 0.905. The van der Waals surface area contributed by atoms with Gasteiger partial charge >= 0.3 is 0 Å². The highest BCUT2D eigenvalue weighted by molar-refractivity contribution is 7.89. The van der Waals surface area contributed by atoms with Gasteiger partial charge in [-0.15, -0.1) is 0 Å². The number of hydrogen-bond acceptors (Lipinski definition) is 4. The van der Waals surface area contributed by atoms with E-state index in [0.717, 1.165) is 36.9 Å². The van der Waals surface area contributed by atoms with Crippen LogP contribution in [0.5, 0.6) is 0 Å². The molecule has 1 aromatic carbocycles. The molecular formula is C18H23N3O3S. The van der Waals surface area contributed by atoms with E-state index < -0.39 is 10.0 Å². The van der Waals surface area contributed by atoms with Crippen molar-refractivity contribution in [1.82, 2.24) is 14.5 Å². The summed E-state index contributed by atoms with van der Waals surface area (Å²) in [6.07, 6.45) is 4.46. The minimum Gasteiger partial charge on any atom is -0.268 e. The third-order valence-electron chi connectivity index (χ3n) is 4.53. The number of aryl methyl sites for hydroxylation is 1. The van der Waals surface area contributed by atoms with Gasteiger partial charge in [0.05, 0.1) is 10.6 Å². The van der Waals surface area contributed by atoms with E-state index in [9.17, 15) is 13.2 Å². The van der Waals surface area contributed by atoms with Gasteiger partial charge in [-0.2, -0.15) is 9.40 Å². The molecule has 0 saturated carbocycles. The monoisotopic (exact) mass is 361 g/mol. The Bertz CT molecular complexity index is 881. The fourth-order valence-corrected chi connectivity index (χ4v) is 4.64. The Morgan fingerprint density at radius 3 is 2.36 bits per heavy atom. The molecule has 6 nitrogen and oxygen atoms in total. The van der Waals surface area contributed by atoms with Crippen LogP contribution in [0, 0.1) is 6.92 Å². The highest BCUT2D eigenvalue weighted by Gasteiger charge is 2.24. The predicted molar refractivity (Wildman–Crippen MR) is 96.1 cm³/mol. The first kappa shape index (κ1) is 17.8. The molecule has 2 heterocycles. The second-order valence-corrected chi connectivity index (χ2v) is 8.44. The van der Waals surface area contributed by atoms with Gasteiger partial charge < -0.3 is 0 Å². The van der Waals surface area contributed by atoms with Gasteiger partial charge in [-0.25, -0.2) is 13.5 Å². The first-order valence-corrected chi connectivity index (χ1v) is 10.0. The van der Waals surface area contributed by atoms with Crippen LogP contribution < -0.4 is 5.56 Å². The molecular weight excluding hydrogens is 338 g/mol. The van der Waals surface area contributed by atoms with Gasteiger partial charge in [-0.1, -0.05) is 25.0 Å². The van der Waals surface area contributed by atoms with Gasteiger partial charge in [0.2, 0.25) is 10.0 Å². The lowest BCUT2D eigenvalue weighted by Gasteiger charge is -2.20. The molecule has 2 aromatic rings. The molecule has 0 radical (unpaired) electrons. The van der Waals surface area contributed by atoms with Gasteiger partial charge in [0.25, 0.3) is 5.56 Å². The summed E-state index contributed by atoms with van der Waals surface area (Å²) in [6.45, 7) is 3.00. The second kappa shape index (κ2) is 7.49. The first-order valence-electron chi connectivity index (χ1n) is 8.61. The Labute approximate surface area is 147 Å². The summed E-state index contributed by atoms with van der Waals surface area (Å²) < 4.78 is 27.1. The second-order valence-electron chi connectivity index (χ2n) is 6.50. The number of sulfonamides is 1. The molecule has 7 heteroatoms. The molecule has 25 heavy (non-hydrogen) atoms. The Morgan fingerprint density at radius 2 is 1.72 bits per heavy atom. The maximum atomic E-state index is 12.8. The fourth-order valence-electron chi connectivity index (χ4n) is 3.12. The van der Waals surface area contributed by atoms with Crippen LogP contribution in [0.2, 0.25) is 0 Å². The van der Waals surface area contributed by atoms with Crippen molar-refractivity contribution in [3.05, 3.63) is 57.5 Å². The van der Waals surface area contributed by atoms with Gasteiger partial charge in [-0.3, -0.25) is 4.79 Å². The Hall–Kier alpha value is -1.99. The van der Waals surface area contributed by atoms with E-state index in [4.69, 9.17) is 0 Å². The number of rotatable bonds is 4. The molecule has 1 aromatic heterocycles. The molecule has 1 fully saturated rings. The maximum Gasteiger partial charge on any atom is 0.267 e. The highest BCUT2D eigenvalue weighted by Crippen LogP contribution is 2.21. The zero-order valence-electron chi connectivity index (χ0n) is 14.4. The van der Waals surface area contributed by atoms with E-state index in [-0.39, 0.29) is 5.56 Å². The molecule has 0 spiro atoms. The smallest absolute Gasteiger partial charge is 0.267 e. The third-order valence-corrected chi connectivity index (χ3v) is 6.44. The zero-order chi connectivity index (χ0) is 17.9. The minimum atomic E-state index is -3.43. The molecule has 0 bridgehead atoms. The van der Waals surface area contributed by atoms with Crippen LogP contribution in [0.4, 0.5) is 0 Å². The third kappa shape index (κ3) is 4.16. The fraction of sp³-hybridized carbons (Fsp3) is 0.444. The van der Waals surface area contributed by atoms with E-state index in [1.54, 1.807) is 34.6 Å². The van der Waals surface area contributed by atoms with Crippen molar-refractivity contribution in [2.45, 2.75) is 43.9 Å². The molecule has 3 rings (SSSR count). The Morgan fingerprint density at radius 1 is 1.08 bits per heavy atom. The van der Waals surface area contributed by atoms with E-state index in [1.807, 2.05) is 6.92 Å². The lowest BCUT2D eigenvalue weighted by molar-refractivity contribution is 0.423. The number of hydrogen-bond donors (Lipinski definition) is 1. The Kier molecular flexibility index (Phi) is 5.34. The number of nitrogens with zero attached hydrogens (tertiary/aromatic N) is 2. The molecule has 134 valence electrons. The lowest BCUT2D eigenvalue weighted by atomic mass is 10.1. The molecule has 1 saturated heterocycles. The van der Waals surface area contributed by atoms with Gasteiger partial charge in [0.15, 0.2) is 0 Å². The van der Waals surface area contributed by atoms with Crippen LogP contribution in [-0.4, -0.2) is 36.0 Å². The molecule has 1 aliphatic heterocycles. The van der Waals surface area contributed by atoms with E-state index >= 15 is 0 Å². The van der Waals surface area contributed by atoms with Crippen LogP contribution in [0.3, 0.4) is 0 Å². The first-order chi connectivity index (χ1) is 12.0. The van der Waals surface area contributed by atoms with Crippen LogP contribution in [-0.2, 0) is 16.4 Å². The number of aromatic nitrogens is 2. The lowest BCUT2D eigenvalue weighted by Crippen LogP contribution is -2.31. The summed E-state index contributed by atoms with van der Waals surface area (Å²) in [5.74, 6) is 0. The molecule has 1 aliphatic rings.